The zero-order chi connectivity index (χ0) is 30.6. The van der Waals surface area contributed by atoms with Crippen LogP contribution in [0.3, 0.4) is 0 Å². The van der Waals surface area contributed by atoms with E-state index in [4.69, 9.17) is 0 Å². The average Bonchev–Trinajstić information content (AvgIpc) is 3.00. The van der Waals surface area contributed by atoms with Gasteiger partial charge in [-0.15, -0.1) is 0 Å². The van der Waals surface area contributed by atoms with Gasteiger partial charge in [0.05, 0.1) is 10.8 Å². The summed E-state index contributed by atoms with van der Waals surface area (Å²) in [4.78, 5) is 0. The first kappa shape index (κ1) is 28.1. The van der Waals surface area contributed by atoms with Gasteiger partial charge in [0.1, 0.15) is 0 Å². The number of fused-ring (bicyclic) bond motifs is 3. The largest absolute Gasteiger partial charge is 0.0635 e. The predicted molar refractivity (Wildman–Crippen MR) is 186 cm³/mol. The number of hydrogen-bond donors (Lipinski definition) is 0. The second-order valence-corrected chi connectivity index (χ2v) is 13.0. The summed E-state index contributed by atoms with van der Waals surface area (Å²) >= 11 is 0. The van der Waals surface area contributed by atoms with Crippen molar-refractivity contribution in [1.82, 2.24) is 0 Å². The Labute approximate surface area is 263 Å². The summed E-state index contributed by atoms with van der Waals surface area (Å²) in [5, 5.41) is 0. The van der Waals surface area contributed by atoms with E-state index in [2.05, 4.69) is 175 Å². The maximum atomic E-state index is 2.44. The number of benzene rings is 6. The fraction of sp³-hybridized carbons (Fsp3) is 0.182. The van der Waals surface area contributed by atoms with Crippen LogP contribution in [0.4, 0.5) is 0 Å². The molecule has 0 N–H and O–H groups in total. The molecule has 216 valence electrons. The third kappa shape index (κ3) is 3.90. The second kappa shape index (κ2) is 10.5. The van der Waals surface area contributed by atoms with E-state index in [1.807, 2.05) is 0 Å². The molecule has 44 heavy (non-hydrogen) atoms. The summed E-state index contributed by atoms with van der Waals surface area (Å²) in [6.07, 6.45) is 0. The molecule has 0 saturated carbocycles. The summed E-state index contributed by atoms with van der Waals surface area (Å²) in [6, 6.07) is 51.2. The highest BCUT2D eigenvalue weighted by molar-refractivity contribution is 5.89. The van der Waals surface area contributed by atoms with Gasteiger partial charge in [-0.1, -0.05) is 156 Å². The molecule has 0 radical (unpaired) electrons. The number of aryl methyl sites for hydroxylation is 6. The average molecular weight is 569 g/mol. The Morgan fingerprint density at radius 1 is 0.318 bits per heavy atom. The van der Waals surface area contributed by atoms with Crippen LogP contribution in [0.25, 0.3) is 11.1 Å². The van der Waals surface area contributed by atoms with Crippen LogP contribution in [0.1, 0.15) is 66.8 Å². The molecule has 0 unspecified atom stereocenters. The lowest BCUT2D eigenvalue weighted by molar-refractivity contribution is 0.413. The SMILES string of the molecule is Cc1cccc(C2(c3cccc(C)c3)c3cccc(C)c3-c3c(C)cccc3C2(c2cccc(C)c2)c2cccc(C)c2)c1. The second-order valence-electron chi connectivity index (χ2n) is 13.0. The third-order valence-corrected chi connectivity index (χ3v) is 9.97. The third-order valence-electron chi connectivity index (χ3n) is 9.97. The van der Waals surface area contributed by atoms with Crippen molar-refractivity contribution in [3.63, 3.8) is 0 Å². The Kier molecular flexibility index (Phi) is 6.70. The molecule has 6 aromatic carbocycles. The standard InChI is InChI=1S/C44H40/c1-29-13-7-19-35(25-29)43(36-20-8-14-30(2)26-36)39-23-11-17-33(5)41(39)42-34(6)18-12-24-40(42)44(43,37-21-9-15-31(3)27-37)38-22-10-16-32(4)28-38/h7-28H,1-6H3. The smallest absolute Gasteiger partial charge is 0.0617 e. The highest BCUT2D eigenvalue weighted by Crippen LogP contribution is 2.66. The van der Waals surface area contributed by atoms with E-state index in [0.29, 0.717) is 0 Å². The monoisotopic (exact) mass is 568 g/mol. The van der Waals surface area contributed by atoms with Crippen LogP contribution in [0.15, 0.2) is 133 Å². The van der Waals surface area contributed by atoms with Gasteiger partial charge in [0.15, 0.2) is 0 Å². The lowest BCUT2D eigenvalue weighted by Gasteiger charge is -2.57. The summed E-state index contributed by atoms with van der Waals surface area (Å²) in [5.41, 5.74) is 17.2. The van der Waals surface area contributed by atoms with Crippen molar-refractivity contribution in [3.05, 3.63) is 200 Å². The van der Waals surface area contributed by atoms with E-state index in [0.717, 1.165) is 0 Å². The van der Waals surface area contributed by atoms with Gasteiger partial charge in [-0.3, -0.25) is 0 Å². The maximum Gasteiger partial charge on any atom is 0.0635 e. The first-order chi connectivity index (χ1) is 21.3. The molecule has 7 rings (SSSR count). The quantitative estimate of drug-likeness (QED) is 0.198. The van der Waals surface area contributed by atoms with E-state index >= 15 is 0 Å². The topological polar surface area (TPSA) is 0 Å². The zero-order valence-corrected chi connectivity index (χ0v) is 26.7. The lowest BCUT2D eigenvalue weighted by Crippen LogP contribution is -2.55. The fourth-order valence-corrected chi connectivity index (χ4v) is 8.36. The minimum Gasteiger partial charge on any atom is -0.0617 e. The van der Waals surface area contributed by atoms with Gasteiger partial charge in [-0.2, -0.15) is 0 Å². The maximum absolute atomic E-state index is 2.44. The molecule has 0 bridgehead atoms. The number of hydrogen-bond acceptors (Lipinski definition) is 0. The first-order valence-corrected chi connectivity index (χ1v) is 15.8. The minimum absolute atomic E-state index is 0.589. The van der Waals surface area contributed by atoms with Crippen molar-refractivity contribution >= 4 is 0 Å². The summed E-state index contributed by atoms with van der Waals surface area (Å²) in [7, 11) is 0. The molecule has 0 aromatic heterocycles. The molecular formula is C44H40. The van der Waals surface area contributed by atoms with Gasteiger partial charge in [0.2, 0.25) is 0 Å². The molecule has 0 aliphatic heterocycles. The number of rotatable bonds is 4. The van der Waals surface area contributed by atoms with Gasteiger partial charge in [-0.05, 0) is 97.2 Å². The van der Waals surface area contributed by atoms with Crippen molar-refractivity contribution in [2.24, 2.45) is 0 Å². The van der Waals surface area contributed by atoms with Gasteiger partial charge < -0.3 is 0 Å². The van der Waals surface area contributed by atoms with E-state index in [1.165, 1.54) is 77.9 Å². The molecule has 0 spiro atoms. The van der Waals surface area contributed by atoms with E-state index in [1.54, 1.807) is 0 Å². The van der Waals surface area contributed by atoms with Crippen molar-refractivity contribution < 1.29 is 0 Å². The highest BCUT2D eigenvalue weighted by atomic mass is 14.6. The van der Waals surface area contributed by atoms with Crippen LogP contribution in [-0.2, 0) is 10.8 Å². The first-order valence-electron chi connectivity index (χ1n) is 15.8. The van der Waals surface area contributed by atoms with E-state index in [9.17, 15) is 0 Å². The van der Waals surface area contributed by atoms with Crippen molar-refractivity contribution in [2.75, 3.05) is 0 Å². The van der Waals surface area contributed by atoms with Crippen molar-refractivity contribution in [1.29, 1.82) is 0 Å². The molecule has 1 aliphatic rings. The van der Waals surface area contributed by atoms with Crippen LogP contribution >= 0.6 is 0 Å². The van der Waals surface area contributed by atoms with E-state index < -0.39 is 10.8 Å². The van der Waals surface area contributed by atoms with Gasteiger partial charge >= 0.3 is 0 Å². The van der Waals surface area contributed by atoms with Crippen molar-refractivity contribution in [3.8, 4) is 11.1 Å². The zero-order valence-electron chi connectivity index (χ0n) is 26.7. The molecule has 6 aromatic rings. The Balaban J connectivity index is 1.88. The molecule has 0 nitrogen and oxygen atoms in total. The van der Waals surface area contributed by atoms with Crippen LogP contribution in [0, 0.1) is 41.5 Å². The minimum atomic E-state index is -0.589. The van der Waals surface area contributed by atoms with Crippen LogP contribution in [-0.4, -0.2) is 0 Å². The fourth-order valence-electron chi connectivity index (χ4n) is 8.36. The van der Waals surface area contributed by atoms with Gasteiger partial charge in [0.25, 0.3) is 0 Å². The molecular weight excluding hydrogens is 528 g/mol. The van der Waals surface area contributed by atoms with E-state index in [-0.39, 0.29) is 0 Å². The molecule has 0 atom stereocenters. The van der Waals surface area contributed by atoms with Crippen LogP contribution < -0.4 is 0 Å². The lowest BCUT2D eigenvalue weighted by atomic mass is 9.43. The Morgan fingerprint density at radius 2 is 0.591 bits per heavy atom. The van der Waals surface area contributed by atoms with Gasteiger partial charge in [0, 0.05) is 0 Å². The molecule has 0 heteroatoms. The molecule has 0 fully saturated rings. The van der Waals surface area contributed by atoms with Crippen LogP contribution in [0.5, 0.6) is 0 Å². The molecule has 0 saturated heterocycles. The molecule has 1 aliphatic carbocycles. The Hall–Kier alpha value is -4.68. The predicted octanol–water partition coefficient (Wildman–Crippen LogP) is 10.9. The summed E-state index contributed by atoms with van der Waals surface area (Å²) < 4.78 is 0. The Bertz CT molecular complexity index is 1800. The molecule has 0 heterocycles. The summed E-state index contributed by atoms with van der Waals surface area (Å²) in [6.45, 7) is 13.5. The highest BCUT2D eigenvalue weighted by Gasteiger charge is 2.61. The summed E-state index contributed by atoms with van der Waals surface area (Å²) in [5.74, 6) is 0. The molecule has 0 amide bonds. The Morgan fingerprint density at radius 3 is 0.864 bits per heavy atom. The van der Waals surface area contributed by atoms with Crippen LogP contribution in [0.2, 0.25) is 0 Å². The normalized spacial score (nSPS) is 14.5. The van der Waals surface area contributed by atoms with Gasteiger partial charge in [-0.25, -0.2) is 0 Å². The van der Waals surface area contributed by atoms with Crippen molar-refractivity contribution in [2.45, 2.75) is 52.4 Å².